The van der Waals surface area contributed by atoms with E-state index in [1.807, 2.05) is 0 Å². The SMILES string of the molecule is CNC1(C)CCC2=C(CCC2)C1. The molecule has 12 heavy (non-hydrogen) atoms. The molecule has 1 heteroatoms. The van der Waals surface area contributed by atoms with Crippen LogP contribution in [0.1, 0.15) is 45.4 Å². The number of nitrogens with one attached hydrogen (secondary N) is 1. The van der Waals surface area contributed by atoms with Gasteiger partial charge in [0, 0.05) is 5.54 Å². The molecular weight excluding hydrogens is 146 g/mol. The second kappa shape index (κ2) is 2.88. The molecule has 1 nitrogen and oxygen atoms in total. The van der Waals surface area contributed by atoms with E-state index in [0.717, 1.165) is 0 Å². The van der Waals surface area contributed by atoms with E-state index in [4.69, 9.17) is 0 Å². The van der Waals surface area contributed by atoms with Gasteiger partial charge < -0.3 is 5.32 Å². The van der Waals surface area contributed by atoms with Gasteiger partial charge in [-0.2, -0.15) is 0 Å². The Morgan fingerprint density at radius 1 is 1.17 bits per heavy atom. The number of allylic oxidation sites excluding steroid dienone is 1. The highest BCUT2D eigenvalue weighted by Gasteiger charge is 2.31. The van der Waals surface area contributed by atoms with Gasteiger partial charge in [0.2, 0.25) is 0 Å². The Bertz CT molecular complexity index is 217. The monoisotopic (exact) mass is 165 g/mol. The minimum absolute atomic E-state index is 0.406. The molecule has 0 saturated carbocycles. The molecule has 0 aliphatic heterocycles. The molecule has 0 spiro atoms. The van der Waals surface area contributed by atoms with Gasteiger partial charge in [-0.3, -0.25) is 0 Å². The zero-order valence-corrected chi connectivity index (χ0v) is 8.24. The molecule has 1 N–H and O–H groups in total. The van der Waals surface area contributed by atoms with Crippen molar-refractivity contribution in [2.75, 3.05) is 7.05 Å². The molecule has 0 fully saturated rings. The first-order valence-corrected chi connectivity index (χ1v) is 5.12. The first-order chi connectivity index (χ1) is 5.73. The van der Waals surface area contributed by atoms with Crippen LogP contribution in [0.25, 0.3) is 0 Å². The van der Waals surface area contributed by atoms with Crippen LogP contribution in [0.2, 0.25) is 0 Å². The molecule has 1 atom stereocenters. The van der Waals surface area contributed by atoms with Gasteiger partial charge >= 0.3 is 0 Å². The van der Waals surface area contributed by atoms with Gasteiger partial charge in [-0.1, -0.05) is 11.1 Å². The summed E-state index contributed by atoms with van der Waals surface area (Å²) in [5, 5.41) is 3.46. The van der Waals surface area contributed by atoms with Gasteiger partial charge in [0.05, 0.1) is 0 Å². The molecule has 2 aliphatic carbocycles. The lowest BCUT2D eigenvalue weighted by molar-refractivity contribution is 0.337. The molecule has 0 saturated heterocycles. The standard InChI is InChI=1S/C11H19N/c1-11(12-2)7-6-9-4-3-5-10(9)8-11/h12H,3-8H2,1-2H3. The first kappa shape index (κ1) is 8.31. The predicted octanol–water partition coefficient (Wildman–Crippen LogP) is 2.63. The second-order valence-corrected chi connectivity index (χ2v) is 4.55. The molecule has 0 bridgehead atoms. The van der Waals surface area contributed by atoms with Crippen LogP contribution in [0.3, 0.4) is 0 Å². The minimum atomic E-state index is 0.406. The normalized spacial score (nSPS) is 35.5. The van der Waals surface area contributed by atoms with Gasteiger partial charge in [-0.05, 0) is 52.5 Å². The molecule has 1 unspecified atom stereocenters. The van der Waals surface area contributed by atoms with Crippen LogP contribution in [-0.4, -0.2) is 12.6 Å². The third-order valence-electron chi connectivity index (χ3n) is 3.64. The number of rotatable bonds is 1. The zero-order valence-electron chi connectivity index (χ0n) is 8.24. The maximum absolute atomic E-state index is 3.46. The van der Waals surface area contributed by atoms with E-state index < -0.39 is 0 Å². The van der Waals surface area contributed by atoms with Crippen molar-refractivity contribution in [3.8, 4) is 0 Å². The maximum Gasteiger partial charge on any atom is 0.0190 e. The quantitative estimate of drug-likeness (QED) is 0.589. The molecule has 0 radical (unpaired) electrons. The Morgan fingerprint density at radius 3 is 2.67 bits per heavy atom. The molecule has 0 aromatic heterocycles. The van der Waals surface area contributed by atoms with Crippen molar-refractivity contribution in [1.82, 2.24) is 5.32 Å². The number of hydrogen-bond acceptors (Lipinski definition) is 1. The van der Waals surface area contributed by atoms with Crippen LogP contribution in [0.4, 0.5) is 0 Å². The Morgan fingerprint density at radius 2 is 1.92 bits per heavy atom. The molecule has 2 rings (SSSR count). The Labute approximate surface area is 75.2 Å². The summed E-state index contributed by atoms with van der Waals surface area (Å²) < 4.78 is 0. The van der Waals surface area contributed by atoms with Crippen LogP contribution >= 0.6 is 0 Å². The second-order valence-electron chi connectivity index (χ2n) is 4.55. The van der Waals surface area contributed by atoms with Crippen molar-refractivity contribution in [2.24, 2.45) is 0 Å². The maximum atomic E-state index is 3.46. The number of hydrogen-bond donors (Lipinski definition) is 1. The molecular formula is C11H19N. The van der Waals surface area contributed by atoms with Gasteiger partial charge in [0.15, 0.2) is 0 Å². The lowest BCUT2D eigenvalue weighted by atomic mass is 9.80. The van der Waals surface area contributed by atoms with E-state index in [1.54, 1.807) is 11.1 Å². The van der Waals surface area contributed by atoms with E-state index >= 15 is 0 Å². The summed E-state index contributed by atoms with van der Waals surface area (Å²) in [7, 11) is 2.10. The Hall–Kier alpha value is -0.300. The molecule has 0 amide bonds. The van der Waals surface area contributed by atoms with Gasteiger partial charge in [-0.15, -0.1) is 0 Å². The molecule has 0 aromatic carbocycles. The smallest absolute Gasteiger partial charge is 0.0190 e. The van der Waals surface area contributed by atoms with E-state index in [1.165, 1.54) is 38.5 Å². The van der Waals surface area contributed by atoms with Crippen molar-refractivity contribution < 1.29 is 0 Å². The summed E-state index contributed by atoms with van der Waals surface area (Å²) in [6.45, 7) is 2.36. The summed E-state index contributed by atoms with van der Waals surface area (Å²) >= 11 is 0. The molecule has 2 aliphatic rings. The van der Waals surface area contributed by atoms with Crippen LogP contribution < -0.4 is 5.32 Å². The molecule has 0 aromatic rings. The molecule has 0 heterocycles. The van der Waals surface area contributed by atoms with Crippen LogP contribution in [0.15, 0.2) is 11.1 Å². The Balaban J connectivity index is 2.13. The average Bonchev–Trinajstić information content (AvgIpc) is 2.51. The van der Waals surface area contributed by atoms with Gasteiger partial charge in [0.25, 0.3) is 0 Å². The summed E-state index contributed by atoms with van der Waals surface area (Å²) in [5.41, 5.74) is 3.98. The largest absolute Gasteiger partial charge is 0.314 e. The minimum Gasteiger partial charge on any atom is -0.314 e. The highest BCUT2D eigenvalue weighted by molar-refractivity contribution is 5.25. The van der Waals surface area contributed by atoms with Gasteiger partial charge in [0.1, 0.15) is 0 Å². The third-order valence-corrected chi connectivity index (χ3v) is 3.64. The molecule has 68 valence electrons. The fourth-order valence-corrected chi connectivity index (χ4v) is 2.58. The van der Waals surface area contributed by atoms with Crippen molar-refractivity contribution in [3.05, 3.63) is 11.1 Å². The van der Waals surface area contributed by atoms with E-state index in [2.05, 4.69) is 19.3 Å². The lowest BCUT2D eigenvalue weighted by Gasteiger charge is -2.34. The van der Waals surface area contributed by atoms with Crippen LogP contribution in [-0.2, 0) is 0 Å². The van der Waals surface area contributed by atoms with E-state index in [-0.39, 0.29) is 0 Å². The highest BCUT2D eigenvalue weighted by atomic mass is 14.9. The van der Waals surface area contributed by atoms with Crippen LogP contribution in [0.5, 0.6) is 0 Å². The van der Waals surface area contributed by atoms with Crippen molar-refractivity contribution >= 4 is 0 Å². The highest BCUT2D eigenvalue weighted by Crippen LogP contribution is 2.40. The van der Waals surface area contributed by atoms with Crippen molar-refractivity contribution in [1.29, 1.82) is 0 Å². The van der Waals surface area contributed by atoms with E-state index in [0.29, 0.717) is 5.54 Å². The van der Waals surface area contributed by atoms with E-state index in [9.17, 15) is 0 Å². The third kappa shape index (κ3) is 1.31. The fourth-order valence-electron chi connectivity index (χ4n) is 2.58. The first-order valence-electron chi connectivity index (χ1n) is 5.12. The van der Waals surface area contributed by atoms with Crippen LogP contribution in [0, 0.1) is 0 Å². The summed E-state index contributed by atoms with van der Waals surface area (Å²) in [6.07, 6.45) is 8.19. The summed E-state index contributed by atoms with van der Waals surface area (Å²) in [6, 6.07) is 0. The zero-order chi connectivity index (χ0) is 8.60. The Kier molecular flexibility index (Phi) is 1.99. The van der Waals surface area contributed by atoms with Crippen molar-refractivity contribution in [2.45, 2.75) is 51.0 Å². The summed E-state index contributed by atoms with van der Waals surface area (Å²) in [4.78, 5) is 0. The predicted molar refractivity (Wildman–Crippen MR) is 52.2 cm³/mol. The van der Waals surface area contributed by atoms with Gasteiger partial charge in [-0.25, -0.2) is 0 Å². The lowest BCUT2D eigenvalue weighted by Crippen LogP contribution is -2.41. The topological polar surface area (TPSA) is 12.0 Å². The fraction of sp³-hybridized carbons (Fsp3) is 0.818. The average molecular weight is 165 g/mol. The van der Waals surface area contributed by atoms with Crippen molar-refractivity contribution in [3.63, 3.8) is 0 Å². The summed E-state index contributed by atoms with van der Waals surface area (Å²) in [5.74, 6) is 0.